The lowest BCUT2D eigenvalue weighted by molar-refractivity contribution is 0.0997. The maximum Gasteiger partial charge on any atom is 0.319 e. The molecular weight excluding hydrogens is 555 g/mol. The number of aromatic nitrogens is 3. The molecule has 8 nitrogen and oxygen atoms in total. The SMILES string of the molecule is COC1CN2CCCC2(COc2nc(N3C[C@H]4CC[C@@H](C3)N4)c3cnc(-c4cccc5cccc(Cl)c45)c(F)c3n2)C1. The summed E-state index contributed by atoms with van der Waals surface area (Å²) in [6.07, 6.45) is 7.25. The maximum absolute atomic E-state index is 16.7. The van der Waals surface area contributed by atoms with Crippen molar-refractivity contribution in [2.75, 3.05) is 44.8 Å². The molecule has 4 fully saturated rings. The highest BCUT2D eigenvalue weighted by Gasteiger charge is 2.49. The molecule has 8 rings (SSSR count). The molecule has 0 saturated carbocycles. The van der Waals surface area contributed by atoms with Crippen LogP contribution in [0.2, 0.25) is 5.02 Å². The normalized spacial score (nSPS) is 27.3. The summed E-state index contributed by atoms with van der Waals surface area (Å²) in [5.41, 5.74) is 0.973. The van der Waals surface area contributed by atoms with E-state index in [1.165, 1.54) is 0 Å². The smallest absolute Gasteiger partial charge is 0.319 e. The summed E-state index contributed by atoms with van der Waals surface area (Å²) in [6.45, 7) is 4.00. The average Bonchev–Trinajstić information content (AvgIpc) is 3.67. The number of anilines is 1. The number of fused-ring (bicyclic) bond motifs is 5. The summed E-state index contributed by atoms with van der Waals surface area (Å²) < 4.78 is 28.8. The summed E-state index contributed by atoms with van der Waals surface area (Å²) in [7, 11) is 1.78. The molecule has 10 heteroatoms. The quantitative estimate of drug-likeness (QED) is 0.329. The van der Waals surface area contributed by atoms with E-state index in [0.717, 1.165) is 69.1 Å². The number of piperazine rings is 1. The van der Waals surface area contributed by atoms with Crippen molar-refractivity contribution >= 4 is 39.1 Å². The molecule has 42 heavy (non-hydrogen) atoms. The Kier molecular flexibility index (Phi) is 6.48. The zero-order chi connectivity index (χ0) is 28.4. The monoisotopic (exact) mass is 588 g/mol. The van der Waals surface area contributed by atoms with Gasteiger partial charge in [0.15, 0.2) is 5.82 Å². The number of nitrogens with zero attached hydrogens (tertiary/aromatic N) is 5. The van der Waals surface area contributed by atoms with Gasteiger partial charge in [-0.15, -0.1) is 0 Å². The molecule has 0 spiro atoms. The Labute approximate surface area is 249 Å². The predicted molar refractivity (Wildman–Crippen MR) is 162 cm³/mol. The third kappa shape index (κ3) is 4.32. The highest BCUT2D eigenvalue weighted by atomic mass is 35.5. The van der Waals surface area contributed by atoms with Crippen LogP contribution in [0.4, 0.5) is 10.2 Å². The molecule has 2 bridgehead atoms. The molecule has 4 aromatic rings. The van der Waals surface area contributed by atoms with Gasteiger partial charge in [0.1, 0.15) is 23.6 Å². The minimum absolute atomic E-state index is 0.102. The number of nitrogens with one attached hydrogen (secondary N) is 1. The third-order valence-corrected chi connectivity index (χ3v) is 10.2. The van der Waals surface area contributed by atoms with E-state index in [1.807, 2.05) is 36.4 Å². The van der Waals surface area contributed by atoms with Crippen molar-refractivity contribution in [3.05, 3.63) is 53.4 Å². The Morgan fingerprint density at radius 2 is 1.90 bits per heavy atom. The van der Waals surface area contributed by atoms with E-state index in [9.17, 15) is 0 Å². The van der Waals surface area contributed by atoms with Gasteiger partial charge in [-0.1, -0.05) is 41.9 Å². The van der Waals surface area contributed by atoms with Gasteiger partial charge in [-0.25, -0.2) is 4.39 Å². The largest absolute Gasteiger partial charge is 0.461 e. The van der Waals surface area contributed by atoms with Gasteiger partial charge >= 0.3 is 6.01 Å². The van der Waals surface area contributed by atoms with E-state index in [4.69, 9.17) is 31.0 Å². The summed E-state index contributed by atoms with van der Waals surface area (Å²) >= 11 is 6.61. The molecule has 2 aromatic heterocycles. The zero-order valence-corrected chi connectivity index (χ0v) is 24.4. The first-order valence-corrected chi connectivity index (χ1v) is 15.3. The molecule has 218 valence electrons. The van der Waals surface area contributed by atoms with Gasteiger partial charge in [-0.3, -0.25) is 9.88 Å². The van der Waals surface area contributed by atoms with E-state index in [0.29, 0.717) is 40.5 Å². The van der Waals surface area contributed by atoms with Gasteiger partial charge in [0.05, 0.1) is 17.0 Å². The standard InChI is InChI=1S/C32H34ClFN6O2/c1-41-22-13-32(11-4-12-40(32)17-22)18-42-31-37-29-24(30(38-31)39-15-20-9-10-21(16-39)36-20)14-35-28(27(29)34)23-7-2-5-19-6-3-8-25(33)26(19)23/h2-3,5-8,14,20-22,36H,4,9-13,15-18H2,1H3/t20-,21+,22?,32?. The summed E-state index contributed by atoms with van der Waals surface area (Å²) in [5, 5.41) is 6.52. The van der Waals surface area contributed by atoms with Crippen molar-refractivity contribution in [2.24, 2.45) is 0 Å². The van der Waals surface area contributed by atoms with Crippen LogP contribution < -0.4 is 15.0 Å². The van der Waals surface area contributed by atoms with Crippen molar-refractivity contribution in [2.45, 2.75) is 55.8 Å². The number of halogens is 2. The van der Waals surface area contributed by atoms with Crippen LogP contribution in [0, 0.1) is 5.82 Å². The Hall–Kier alpha value is -3.11. The van der Waals surface area contributed by atoms with Crippen molar-refractivity contribution < 1.29 is 13.9 Å². The Bertz CT molecular complexity index is 1670. The second-order valence-corrected chi connectivity index (χ2v) is 12.7. The lowest BCUT2D eigenvalue weighted by atomic mass is 9.94. The fourth-order valence-corrected chi connectivity index (χ4v) is 8.08. The van der Waals surface area contributed by atoms with Gasteiger partial charge in [0, 0.05) is 61.0 Å². The number of rotatable bonds is 6. The average molecular weight is 589 g/mol. The van der Waals surface area contributed by atoms with E-state index < -0.39 is 5.82 Å². The number of pyridine rings is 1. The number of hydrogen-bond acceptors (Lipinski definition) is 8. The molecule has 6 heterocycles. The molecule has 0 amide bonds. The highest BCUT2D eigenvalue weighted by molar-refractivity contribution is 6.36. The van der Waals surface area contributed by atoms with Crippen LogP contribution in [0.25, 0.3) is 32.9 Å². The summed E-state index contributed by atoms with van der Waals surface area (Å²) in [5.74, 6) is 0.191. The van der Waals surface area contributed by atoms with Gasteiger partial charge < -0.3 is 19.7 Å². The van der Waals surface area contributed by atoms with Gasteiger partial charge in [0.25, 0.3) is 0 Å². The van der Waals surface area contributed by atoms with Crippen LogP contribution in [0.15, 0.2) is 42.6 Å². The first-order valence-electron chi connectivity index (χ1n) is 15.0. The van der Waals surface area contributed by atoms with Gasteiger partial charge in [0.2, 0.25) is 0 Å². The molecular formula is C32H34ClFN6O2. The molecule has 4 aliphatic rings. The maximum atomic E-state index is 16.7. The number of benzene rings is 2. The minimum Gasteiger partial charge on any atom is -0.461 e. The molecule has 4 aliphatic heterocycles. The van der Waals surface area contributed by atoms with Crippen LogP contribution in [-0.4, -0.2) is 83.5 Å². The van der Waals surface area contributed by atoms with Crippen LogP contribution in [-0.2, 0) is 4.74 Å². The highest BCUT2D eigenvalue weighted by Crippen LogP contribution is 2.41. The van der Waals surface area contributed by atoms with Crippen molar-refractivity contribution in [3.8, 4) is 17.3 Å². The van der Waals surface area contributed by atoms with E-state index in [-0.39, 0.29) is 28.9 Å². The van der Waals surface area contributed by atoms with Crippen LogP contribution in [0.3, 0.4) is 0 Å². The number of ether oxygens (including phenoxy) is 2. The van der Waals surface area contributed by atoms with Crippen LogP contribution in [0.5, 0.6) is 6.01 Å². The van der Waals surface area contributed by atoms with Crippen molar-refractivity contribution in [1.29, 1.82) is 0 Å². The van der Waals surface area contributed by atoms with Gasteiger partial charge in [-0.2, -0.15) is 9.97 Å². The lowest BCUT2D eigenvalue weighted by Gasteiger charge is -2.34. The Balaban J connectivity index is 1.23. The first-order chi connectivity index (χ1) is 20.5. The van der Waals surface area contributed by atoms with Crippen molar-refractivity contribution in [1.82, 2.24) is 25.2 Å². The van der Waals surface area contributed by atoms with E-state index in [1.54, 1.807) is 13.3 Å². The first kappa shape index (κ1) is 26.5. The molecule has 4 atom stereocenters. The van der Waals surface area contributed by atoms with E-state index >= 15 is 4.39 Å². The summed E-state index contributed by atoms with van der Waals surface area (Å²) in [6, 6.07) is 12.4. The lowest BCUT2D eigenvalue weighted by Crippen LogP contribution is -2.51. The molecule has 2 unspecified atom stereocenters. The molecule has 0 radical (unpaired) electrons. The fraction of sp³-hybridized carbons (Fsp3) is 0.469. The predicted octanol–water partition coefficient (Wildman–Crippen LogP) is 5.21. The van der Waals surface area contributed by atoms with Crippen LogP contribution in [0.1, 0.15) is 32.1 Å². The second kappa shape index (κ2) is 10.3. The Morgan fingerprint density at radius 3 is 2.71 bits per heavy atom. The molecule has 1 N–H and O–H groups in total. The second-order valence-electron chi connectivity index (χ2n) is 12.3. The molecule has 4 saturated heterocycles. The van der Waals surface area contributed by atoms with Crippen molar-refractivity contribution in [3.63, 3.8) is 0 Å². The number of methoxy groups -OCH3 is 1. The van der Waals surface area contributed by atoms with E-state index in [2.05, 4.69) is 20.1 Å². The zero-order valence-electron chi connectivity index (χ0n) is 23.7. The topological polar surface area (TPSA) is 75.6 Å². The van der Waals surface area contributed by atoms with Crippen LogP contribution >= 0.6 is 11.6 Å². The summed E-state index contributed by atoms with van der Waals surface area (Å²) in [4.78, 5) is 19.0. The number of hydrogen-bond donors (Lipinski definition) is 1. The molecule has 0 aliphatic carbocycles. The van der Waals surface area contributed by atoms with Gasteiger partial charge in [-0.05, 0) is 50.1 Å². The Morgan fingerprint density at radius 1 is 1.10 bits per heavy atom. The molecule has 2 aromatic carbocycles. The fourth-order valence-electron chi connectivity index (χ4n) is 7.80. The third-order valence-electron chi connectivity index (χ3n) is 9.84. The minimum atomic E-state index is -0.493.